The fourth-order valence-corrected chi connectivity index (χ4v) is 5.19. The van der Waals surface area contributed by atoms with Crippen LogP contribution in [0, 0.1) is 10.8 Å². The van der Waals surface area contributed by atoms with Crippen LogP contribution in [-0.2, 0) is 0 Å². The predicted molar refractivity (Wildman–Crippen MR) is 86.0 cm³/mol. The van der Waals surface area contributed by atoms with Crippen molar-refractivity contribution in [2.45, 2.75) is 90.8 Å². The zero-order valence-corrected chi connectivity index (χ0v) is 14.0. The second kappa shape index (κ2) is 5.28. The molecule has 1 aliphatic heterocycles. The highest BCUT2D eigenvalue weighted by Gasteiger charge is 2.44. The first-order valence-electron chi connectivity index (χ1n) is 8.84. The van der Waals surface area contributed by atoms with Gasteiger partial charge in [0, 0.05) is 24.7 Å². The van der Waals surface area contributed by atoms with Crippen LogP contribution in [0.4, 0.5) is 0 Å². The van der Waals surface area contributed by atoms with Crippen molar-refractivity contribution in [3.8, 4) is 0 Å². The Morgan fingerprint density at radius 2 is 1.60 bits per heavy atom. The van der Waals surface area contributed by atoms with E-state index in [0.29, 0.717) is 10.8 Å². The Kier molecular flexibility index (Phi) is 3.92. The lowest BCUT2D eigenvalue weighted by molar-refractivity contribution is 0.0171. The molecular formula is C18H34N2. The highest BCUT2D eigenvalue weighted by molar-refractivity contribution is 4.98. The van der Waals surface area contributed by atoms with Gasteiger partial charge in [0.15, 0.2) is 0 Å². The van der Waals surface area contributed by atoms with Crippen molar-refractivity contribution in [2.24, 2.45) is 10.8 Å². The van der Waals surface area contributed by atoms with Crippen LogP contribution in [0.15, 0.2) is 0 Å². The van der Waals surface area contributed by atoms with Gasteiger partial charge in [-0.3, -0.25) is 4.90 Å². The molecular weight excluding hydrogens is 244 g/mol. The smallest absolute Gasteiger partial charge is 0.0195 e. The minimum atomic E-state index is 0.517. The molecule has 0 spiro atoms. The quantitative estimate of drug-likeness (QED) is 0.841. The van der Waals surface area contributed by atoms with Gasteiger partial charge in [0.25, 0.3) is 0 Å². The molecule has 2 aliphatic carbocycles. The minimum absolute atomic E-state index is 0.517. The third-order valence-electron chi connectivity index (χ3n) is 5.61. The van der Waals surface area contributed by atoms with Gasteiger partial charge in [-0.15, -0.1) is 0 Å². The van der Waals surface area contributed by atoms with E-state index in [4.69, 9.17) is 0 Å². The van der Waals surface area contributed by atoms with Gasteiger partial charge in [-0.2, -0.15) is 0 Å². The molecule has 0 bridgehead atoms. The molecule has 0 amide bonds. The lowest BCUT2D eigenvalue weighted by atomic mass is 9.63. The summed E-state index contributed by atoms with van der Waals surface area (Å²) in [4.78, 5) is 2.91. The van der Waals surface area contributed by atoms with Crippen LogP contribution in [0.3, 0.4) is 0 Å². The topological polar surface area (TPSA) is 15.3 Å². The predicted octanol–water partition coefficient (Wildman–Crippen LogP) is 3.81. The number of nitrogens with zero attached hydrogens (tertiary/aromatic N) is 1. The first-order valence-corrected chi connectivity index (χ1v) is 8.84. The molecule has 116 valence electrons. The fourth-order valence-electron chi connectivity index (χ4n) is 5.19. The molecule has 1 N–H and O–H groups in total. The molecule has 2 saturated carbocycles. The molecule has 0 aromatic carbocycles. The van der Waals surface area contributed by atoms with E-state index in [0.717, 1.165) is 18.1 Å². The molecule has 3 rings (SSSR count). The van der Waals surface area contributed by atoms with E-state index in [1.165, 1.54) is 58.0 Å². The molecule has 0 radical (unpaired) electrons. The highest BCUT2D eigenvalue weighted by atomic mass is 15.2. The number of hydrogen-bond donors (Lipinski definition) is 1. The van der Waals surface area contributed by atoms with Crippen LogP contribution < -0.4 is 5.32 Å². The third kappa shape index (κ3) is 3.57. The summed E-state index contributed by atoms with van der Waals surface area (Å²) >= 11 is 0. The first kappa shape index (κ1) is 14.8. The molecule has 0 aromatic rings. The summed E-state index contributed by atoms with van der Waals surface area (Å²) < 4.78 is 0. The van der Waals surface area contributed by atoms with Crippen LogP contribution >= 0.6 is 0 Å². The van der Waals surface area contributed by atoms with Crippen LogP contribution in [0.2, 0.25) is 0 Å². The van der Waals surface area contributed by atoms with E-state index in [1.807, 2.05) is 0 Å². The van der Waals surface area contributed by atoms with Gasteiger partial charge in [-0.1, -0.05) is 27.7 Å². The molecule has 2 heteroatoms. The summed E-state index contributed by atoms with van der Waals surface area (Å²) in [7, 11) is 0. The van der Waals surface area contributed by atoms with Crippen LogP contribution in [0.5, 0.6) is 0 Å². The Hall–Kier alpha value is -0.0800. The number of rotatable bonds is 4. The van der Waals surface area contributed by atoms with E-state index in [9.17, 15) is 0 Å². The molecule has 20 heavy (non-hydrogen) atoms. The molecule has 1 unspecified atom stereocenters. The van der Waals surface area contributed by atoms with Gasteiger partial charge in [0.2, 0.25) is 0 Å². The summed E-state index contributed by atoms with van der Waals surface area (Å²) in [6.07, 6.45) is 9.86. The first-order chi connectivity index (χ1) is 9.35. The van der Waals surface area contributed by atoms with Crippen LogP contribution in [-0.4, -0.2) is 36.1 Å². The highest BCUT2D eigenvalue weighted by Crippen LogP contribution is 2.48. The largest absolute Gasteiger partial charge is 0.313 e. The molecule has 1 saturated heterocycles. The van der Waals surface area contributed by atoms with E-state index in [2.05, 4.69) is 37.9 Å². The molecule has 0 aromatic heterocycles. The molecule has 2 nitrogen and oxygen atoms in total. The van der Waals surface area contributed by atoms with Crippen LogP contribution in [0.1, 0.15) is 72.6 Å². The van der Waals surface area contributed by atoms with E-state index in [1.54, 1.807) is 0 Å². The summed E-state index contributed by atoms with van der Waals surface area (Å²) in [5.74, 6) is 0. The Balaban J connectivity index is 1.69. The van der Waals surface area contributed by atoms with Crippen molar-refractivity contribution >= 4 is 0 Å². The monoisotopic (exact) mass is 278 g/mol. The van der Waals surface area contributed by atoms with Gasteiger partial charge in [0.05, 0.1) is 0 Å². The lowest BCUT2D eigenvalue weighted by Gasteiger charge is -2.49. The molecule has 1 heterocycles. The van der Waals surface area contributed by atoms with E-state index in [-0.39, 0.29) is 0 Å². The second-order valence-electron chi connectivity index (χ2n) is 9.29. The zero-order valence-electron chi connectivity index (χ0n) is 14.0. The van der Waals surface area contributed by atoms with Crippen molar-refractivity contribution < 1.29 is 0 Å². The zero-order chi connectivity index (χ0) is 14.4. The minimum Gasteiger partial charge on any atom is -0.313 e. The van der Waals surface area contributed by atoms with Crippen molar-refractivity contribution in [1.82, 2.24) is 10.2 Å². The third-order valence-corrected chi connectivity index (χ3v) is 5.61. The lowest BCUT2D eigenvalue weighted by Crippen LogP contribution is -2.50. The molecule has 3 fully saturated rings. The van der Waals surface area contributed by atoms with E-state index >= 15 is 0 Å². The summed E-state index contributed by atoms with van der Waals surface area (Å²) in [5, 5.41) is 3.71. The summed E-state index contributed by atoms with van der Waals surface area (Å²) in [6, 6.07) is 2.50. The second-order valence-corrected chi connectivity index (χ2v) is 9.29. The molecule has 1 atom stereocenters. The van der Waals surface area contributed by atoms with Crippen molar-refractivity contribution in [3.63, 3.8) is 0 Å². The van der Waals surface area contributed by atoms with Crippen molar-refractivity contribution in [1.29, 1.82) is 0 Å². The average molecular weight is 278 g/mol. The van der Waals surface area contributed by atoms with Gasteiger partial charge < -0.3 is 5.32 Å². The Bertz CT molecular complexity index is 321. The summed E-state index contributed by atoms with van der Waals surface area (Å²) in [5.41, 5.74) is 1.03. The van der Waals surface area contributed by atoms with E-state index < -0.39 is 0 Å². The van der Waals surface area contributed by atoms with Gasteiger partial charge >= 0.3 is 0 Å². The maximum absolute atomic E-state index is 3.71. The van der Waals surface area contributed by atoms with Gasteiger partial charge in [0.1, 0.15) is 0 Å². The average Bonchev–Trinajstić information content (AvgIpc) is 2.99. The normalized spacial score (nSPS) is 33.8. The Morgan fingerprint density at radius 1 is 0.950 bits per heavy atom. The van der Waals surface area contributed by atoms with Gasteiger partial charge in [-0.05, 0) is 62.3 Å². The number of hydrogen-bond acceptors (Lipinski definition) is 2. The van der Waals surface area contributed by atoms with Gasteiger partial charge in [-0.25, -0.2) is 0 Å². The Morgan fingerprint density at radius 3 is 2.10 bits per heavy atom. The van der Waals surface area contributed by atoms with Crippen molar-refractivity contribution in [3.05, 3.63) is 0 Å². The Labute approximate surface area is 125 Å². The molecule has 3 aliphatic rings. The maximum Gasteiger partial charge on any atom is 0.0195 e. The standard InChI is InChI=1S/C18H34N2/c1-17(2)10-16(11-18(3,4)13-17)20(15-7-8-15)12-14-6-5-9-19-14/h14-16,19H,5-13H2,1-4H3. The number of nitrogens with one attached hydrogen (secondary N) is 1. The van der Waals surface area contributed by atoms with Crippen LogP contribution in [0.25, 0.3) is 0 Å². The SMILES string of the molecule is CC1(C)CC(N(CC2CCCN2)C2CC2)CC(C)(C)C1. The van der Waals surface area contributed by atoms with Crippen molar-refractivity contribution in [2.75, 3.05) is 13.1 Å². The maximum atomic E-state index is 3.71. The fraction of sp³-hybridized carbons (Fsp3) is 1.00. The summed E-state index contributed by atoms with van der Waals surface area (Å²) in [6.45, 7) is 12.5.